The van der Waals surface area contributed by atoms with Crippen molar-refractivity contribution < 1.29 is 4.74 Å². The molecule has 2 fully saturated rings. The van der Waals surface area contributed by atoms with E-state index in [2.05, 4.69) is 220 Å². The molecule has 0 bridgehead atoms. The van der Waals surface area contributed by atoms with Crippen LogP contribution in [0.1, 0.15) is 77.0 Å². The lowest BCUT2D eigenvalue weighted by Gasteiger charge is -2.40. The molecule has 0 radical (unpaired) electrons. The van der Waals surface area contributed by atoms with E-state index in [1.165, 1.54) is 61.6 Å². The quantitative estimate of drug-likeness (QED) is 0.169. The van der Waals surface area contributed by atoms with Crippen LogP contribution in [0.2, 0.25) is 0 Å². The highest BCUT2D eigenvalue weighted by molar-refractivity contribution is 5.79. The molecule has 2 saturated heterocycles. The van der Waals surface area contributed by atoms with E-state index in [0.717, 1.165) is 11.3 Å². The lowest BCUT2D eigenvalue weighted by Crippen LogP contribution is -2.49. The minimum atomic E-state index is -0.399. The molecular weight excluding hydrogens is 697 g/mol. The Labute approximate surface area is 338 Å². The van der Waals surface area contributed by atoms with Crippen molar-refractivity contribution >= 4 is 22.8 Å². The topological polar surface area (TPSA) is 22.2 Å². The van der Waals surface area contributed by atoms with Crippen molar-refractivity contribution in [3.8, 4) is 0 Å². The molecule has 0 saturated carbocycles. The minimum Gasteiger partial charge on any atom is -0.466 e. The van der Waals surface area contributed by atoms with Crippen molar-refractivity contribution in [2.24, 2.45) is 0 Å². The first-order valence-corrected chi connectivity index (χ1v) is 20.7. The molecule has 0 amide bonds. The van der Waals surface area contributed by atoms with Gasteiger partial charge in [0.2, 0.25) is 0 Å². The predicted molar refractivity (Wildman–Crippen MR) is 235 cm³/mol. The molecule has 0 spiro atoms. The van der Waals surface area contributed by atoms with Gasteiger partial charge in [-0.1, -0.05) is 115 Å². The first kappa shape index (κ1) is 35.5. The number of fused-ring (bicyclic) bond motifs is 4. The fourth-order valence-electron chi connectivity index (χ4n) is 11.3. The van der Waals surface area contributed by atoms with Gasteiger partial charge in [-0.3, -0.25) is 0 Å². The van der Waals surface area contributed by atoms with Crippen molar-refractivity contribution in [2.75, 3.05) is 14.7 Å². The minimum absolute atomic E-state index is 0.0206. The summed E-state index contributed by atoms with van der Waals surface area (Å²) < 4.78 is 6.86. The summed E-state index contributed by atoms with van der Waals surface area (Å²) in [6.07, 6.45) is 2.36. The summed E-state index contributed by atoms with van der Waals surface area (Å²) in [5.74, 6) is 0.945. The number of benzene rings is 6. The Hall–Kier alpha value is -5.94. The molecule has 5 nitrogen and oxygen atoms in total. The van der Waals surface area contributed by atoms with Crippen LogP contribution in [0.25, 0.3) is 5.76 Å². The number of nitrogens with zero attached hydrogens (tertiary/aromatic N) is 4. The van der Waals surface area contributed by atoms with Gasteiger partial charge in [0.05, 0.1) is 23.5 Å². The van der Waals surface area contributed by atoms with E-state index < -0.39 is 5.41 Å². The zero-order valence-corrected chi connectivity index (χ0v) is 34.1. The molecule has 4 unspecified atom stereocenters. The largest absolute Gasteiger partial charge is 0.466 e. The second-order valence-corrected chi connectivity index (χ2v) is 16.8. The Morgan fingerprint density at radius 3 is 1.72 bits per heavy atom. The van der Waals surface area contributed by atoms with Gasteiger partial charge in [0, 0.05) is 34.4 Å². The molecule has 6 atom stereocenters. The van der Waals surface area contributed by atoms with Crippen LogP contribution in [0.5, 0.6) is 0 Å². The van der Waals surface area contributed by atoms with E-state index in [0.29, 0.717) is 0 Å². The molecule has 4 aliphatic rings. The number of ether oxygens (including phenoxy) is 1. The number of hydrogen-bond acceptors (Lipinski definition) is 5. The van der Waals surface area contributed by atoms with Crippen LogP contribution in [-0.4, -0.2) is 35.4 Å². The molecule has 0 N–H and O–H groups in total. The molecule has 4 aliphatic heterocycles. The smallest absolute Gasteiger partial charge is 0.194 e. The van der Waals surface area contributed by atoms with E-state index in [1.54, 1.807) is 0 Å². The van der Waals surface area contributed by atoms with E-state index in [9.17, 15) is 0 Å². The van der Waals surface area contributed by atoms with Gasteiger partial charge in [-0.25, -0.2) is 0 Å². The number of hydrogen-bond donors (Lipinski definition) is 0. The fourth-order valence-corrected chi connectivity index (χ4v) is 11.3. The molecule has 4 heterocycles. The third kappa shape index (κ3) is 5.07. The number of para-hydroxylation sites is 2. The highest BCUT2D eigenvalue weighted by Crippen LogP contribution is 2.62. The third-order valence-corrected chi connectivity index (χ3v) is 13.7. The van der Waals surface area contributed by atoms with Crippen molar-refractivity contribution in [3.63, 3.8) is 0 Å². The van der Waals surface area contributed by atoms with Crippen LogP contribution >= 0.6 is 0 Å². The van der Waals surface area contributed by atoms with Crippen molar-refractivity contribution in [1.29, 1.82) is 0 Å². The molecule has 5 heteroatoms. The normalized spacial score (nSPS) is 24.3. The van der Waals surface area contributed by atoms with Gasteiger partial charge in [-0.2, -0.15) is 0 Å². The molecule has 0 aliphatic carbocycles. The third-order valence-electron chi connectivity index (χ3n) is 13.7. The fraction of sp³-hybridized carbons (Fsp3) is 0.269. The average Bonchev–Trinajstić information content (AvgIpc) is 3.94. The SMILES string of the molecule is Cc1ccccc1N1C(C)N2C=C(c3ccc(N4C(c5c(C)cccc5C)N5c6ccccc6C(c6ccccc6)(c6ccccc6)C5[C@@H]4C)c(C)c3)OC2[C@@H]1C. The van der Waals surface area contributed by atoms with E-state index in [1.807, 2.05) is 0 Å². The molecular formula is C52H52N4O. The number of aryl methyl sites for hydroxylation is 4. The molecule has 0 aromatic heterocycles. The summed E-state index contributed by atoms with van der Waals surface area (Å²) in [4.78, 5) is 10.4. The van der Waals surface area contributed by atoms with Gasteiger partial charge < -0.3 is 24.3 Å². The maximum absolute atomic E-state index is 6.86. The standard InChI is InChI=1S/C52H52N4O/c1-33-19-14-16-27-44(33)54-38(6)51-53(39(54)7)32-47(57-51)40-29-30-45(36(4)31-40)55-37(5)49-52(41-22-10-8-11-23-41,42-24-12-9-13-25-42)43-26-15-17-28-46(43)56(49)50(55)48-34(2)20-18-21-35(48)3/h8-32,37-39,49-51H,1-7H3/t37-,38-,39?,49?,50?,51?/m0/s1. The molecule has 10 rings (SSSR count). The summed E-state index contributed by atoms with van der Waals surface area (Å²) in [6, 6.07) is 54.6. The lowest BCUT2D eigenvalue weighted by atomic mass is 9.65. The van der Waals surface area contributed by atoms with Crippen molar-refractivity contribution in [2.45, 2.75) is 90.6 Å². The first-order valence-electron chi connectivity index (χ1n) is 20.7. The van der Waals surface area contributed by atoms with Crippen molar-refractivity contribution in [3.05, 3.63) is 202 Å². The Kier molecular flexibility index (Phi) is 8.30. The van der Waals surface area contributed by atoms with Crippen molar-refractivity contribution in [1.82, 2.24) is 4.90 Å². The molecule has 57 heavy (non-hydrogen) atoms. The number of anilines is 3. The molecule has 286 valence electrons. The van der Waals surface area contributed by atoms with Crippen LogP contribution < -0.4 is 14.7 Å². The van der Waals surface area contributed by atoms with Crippen LogP contribution in [0.15, 0.2) is 152 Å². The Morgan fingerprint density at radius 1 is 0.509 bits per heavy atom. The summed E-state index contributed by atoms with van der Waals surface area (Å²) in [7, 11) is 0. The Morgan fingerprint density at radius 2 is 1.09 bits per heavy atom. The maximum Gasteiger partial charge on any atom is 0.194 e. The van der Waals surface area contributed by atoms with Crippen LogP contribution in [0.4, 0.5) is 17.1 Å². The second kappa shape index (κ2) is 13.3. The van der Waals surface area contributed by atoms with Gasteiger partial charge in [0.25, 0.3) is 0 Å². The molecule has 6 aromatic rings. The average molecular weight is 749 g/mol. The maximum atomic E-state index is 6.86. The summed E-state index contributed by atoms with van der Waals surface area (Å²) >= 11 is 0. The number of rotatable bonds is 6. The monoisotopic (exact) mass is 748 g/mol. The van der Waals surface area contributed by atoms with E-state index in [-0.39, 0.29) is 36.7 Å². The van der Waals surface area contributed by atoms with Gasteiger partial charge in [-0.05, 0) is 118 Å². The predicted octanol–water partition coefficient (Wildman–Crippen LogP) is 11.3. The van der Waals surface area contributed by atoms with E-state index in [4.69, 9.17) is 4.74 Å². The van der Waals surface area contributed by atoms with Crippen LogP contribution in [0, 0.1) is 27.7 Å². The van der Waals surface area contributed by atoms with Crippen LogP contribution in [0.3, 0.4) is 0 Å². The summed E-state index contributed by atoms with van der Waals surface area (Å²) in [5.41, 5.74) is 15.1. The van der Waals surface area contributed by atoms with Gasteiger partial charge in [-0.15, -0.1) is 0 Å². The molecule has 6 aromatic carbocycles. The Bertz CT molecular complexity index is 2450. The zero-order chi connectivity index (χ0) is 39.2. The van der Waals surface area contributed by atoms with Gasteiger partial charge in [0.1, 0.15) is 18.1 Å². The first-order chi connectivity index (χ1) is 27.7. The zero-order valence-electron chi connectivity index (χ0n) is 34.1. The Balaban J connectivity index is 1.10. The highest BCUT2D eigenvalue weighted by atomic mass is 16.5. The van der Waals surface area contributed by atoms with E-state index >= 15 is 0 Å². The van der Waals surface area contributed by atoms with Gasteiger partial charge >= 0.3 is 0 Å². The summed E-state index contributed by atoms with van der Waals surface area (Å²) in [6.45, 7) is 16.1. The second-order valence-electron chi connectivity index (χ2n) is 16.8. The van der Waals surface area contributed by atoms with Crippen LogP contribution in [-0.2, 0) is 10.2 Å². The highest BCUT2D eigenvalue weighted by Gasteiger charge is 2.63. The summed E-state index contributed by atoms with van der Waals surface area (Å²) in [5, 5.41) is 0. The van der Waals surface area contributed by atoms with Gasteiger partial charge in [0.15, 0.2) is 6.23 Å². The lowest BCUT2D eigenvalue weighted by molar-refractivity contribution is 0.0801.